The molecule has 20 heavy (non-hydrogen) atoms. The predicted molar refractivity (Wildman–Crippen MR) is 79.2 cm³/mol. The normalized spacial score (nSPS) is 17.8. The lowest BCUT2D eigenvalue weighted by Gasteiger charge is -2.35. The van der Waals surface area contributed by atoms with Gasteiger partial charge in [0.25, 0.3) is 0 Å². The van der Waals surface area contributed by atoms with E-state index in [2.05, 4.69) is 5.32 Å². The van der Waals surface area contributed by atoms with Crippen LogP contribution in [0.15, 0.2) is 18.2 Å². The third-order valence-electron chi connectivity index (χ3n) is 4.09. The van der Waals surface area contributed by atoms with Gasteiger partial charge in [-0.1, -0.05) is 30.9 Å². The summed E-state index contributed by atoms with van der Waals surface area (Å²) in [5, 5.41) is 3.03. The van der Waals surface area contributed by atoms with Crippen LogP contribution in [0.5, 0.6) is 0 Å². The van der Waals surface area contributed by atoms with E-state index in [1.165, 1.54) is 24.6 Å². The van der Waals surface area contributed by atoms with Gasteiger partial charge in [0.15, 0.2) is 0 Å². The third kappa shape index (κ3) is 3.70. The highest BCUT2D eigenvalue weighted by Gasteiger charge is 2.33. The summed E-state index contributed by atoms with van der Waals surface area (Å²) in [5.74, 6) is -0.569. The van der Waals surface area contributed by atoms with Crippen molar-refractivity contribution >= 4 is 23.2 Å². The second kappa shape index (κ2) is 6.55. The number of hydrogen-bond donors (Lipinski definition) is 2. The molecule has 0 aliphatic heterocycles. The number of carbonyl (C=O) groups is 1. The molecule has 1 amide bonds. The van der Waals surface area contributed by atoms with Crippen molar-refractivity contribution in [2.24, 2.45) is 11.1 Å². The van der Waals surface area contributed by atoms with E-state index in [1.54, 1.807) is 0 Å². The van der Waals surface area contributed by atoms with Gasteiger partial charge in [0, 0.05) is 6.42 Å². The van der Waals surface area contributed by atoms with Gasteiger partial charge in [0.2, 0.25) is 5.91 Å². The Morgan fingerprint density at radius 2 is 2.05 bits per heavy atom. The van der Waals surface area contributed by atoms with Crippen molar-refractivity contribution in [3.63, 3.8) is 0 Å². The molecule has 0 bridgehead atoms. The molecule has 5 heteroatoms. The Bertz CT molecular complexity index is 487. The molecule has 0 saturated heterocycles. The summed E-state index contributed by atoms with van der Waals surface area (Å²) in [4.78, 5) is 12.2. The Morgan fingerprint density at radius 3 is 2.70 bits per heavy atom. The molecule has 0 aromatic heterocycles. The molecule has 0 heterocycles. The first kappa shape index (κ1) is 15.3. The fourth-order valence-corrected chi connectivity index (χ4v) is 3.05. The van der Waals surface area contributed by atoms with Crippen LogP contribution in [0.4, 0.5) is 10.1 Å². The molecule has 1 aliphatic rings. The zero-order valence-electron chi connectivity index (χ0n) is 11.4. The Morgan fingerprint density at radius 1 is 1.35 bits per heavy atom. The van der Waals surface area contributed by atoms with Crippen LogP contribution < -0.4 is 11.1 Å². The Labute approximate surface area is 123 Å². The van der Waals surface area contributed by atoms with E-state index in [-0.39, 0.29) is 11.3 Å². The van der Waals surface area contributed by atoms with Crippen LogP contribution in [0.2, 0.25) is 5.02 Å². The van der Waals surface area contributed by atoms with Crippen molar-refractivity contribution in [1.29, 1.82) is 0 Å². The number of halogens is 2. The molecule has 110 valence electrons. The van der Waals surface area contributed by atoms with Crippen LogP contribution >= 0.6 is 11.6 Å². The Balaban J connectivity index is 2.02. The summed E-state index contributed by atoms with van der Waals surface area (Å²) in [6.45, 7) is 0.511. The topological polar surface area (TPSA) is 55.1 Å². The van der Waals surface area contributed by atoms with Gasteiger partial charge in [-0.3, -0.25) is 4.79 Å². The van der Waals surface area contributed by atoms with Crippen molar-refractivity contribution in [2.75, 3.05) is 11.9 Å². The first-order valence-electron chi connectivity index (χ1n) is 7.00. The number of rotatable bonds is 4. The first-order chi connectivity index (χ1) is 9.54. The fraction of sp³-hybridized carbons (Fsp3) is 0.533. The van der Waals surface area contributed by atoms with Gasteiger partial charge < -0.3 is 11.1 Å². The number of amides is 1. The van der Waals surface area contributed by atoms with Gasteiger partial charge in [-0.25, -0.2) is 4.39 Å². The molecule has 1 aromatic rings. The number of anilines is 1. The van der Waals surface area contributed by atoms with E-state index in [9.17, 15) is 9.18 Å². The molecule has 0 unspecified atom stereocenters. The summed E-state index contributed by atoms with van der Waals surface area (Å²) >= 11 is 5.95. The average Bonchev–Trinajstić information content (AvgIpc) is 2.44. The molecule has 3 N–H and O–H groups in total. The highest BCUT2D eigenvalue weighted by molar-refractivity contribution is 6.33. The second-order valence-electron chi connectivity index (χ2n) is 5.61. The largest absolute Gasteiger partial charge is 0.330 e. The number of nitrogens with two attached hydrogens (primary N) is 1. The zero-order valence-corrected chi connectivity index (χ0v) is 12.2. The fourth-order valence-electron chi connectivity index (χ4n) is 2.88. The minimum Gasteiger partial charge on any atom is -0.330 e. The van der Waals surface area contributed by atoms with Crippen LogP contribution in [0.3, 0.4) is 0 Å². The van der Waals surface area contributed by atoms with Crippen LogP contribution in [0.1, 0.15) is 38.5 Å². The maximum atomic E-state index is 13.2. The Hall–Kier alpha value is -1.13. The molecule has 1 fully saturated rings. The van der Waals surface area contributed by atoms with Crippen LogP contribution in [0.25, 0.3) is 0 Å². The van der Waals surface area contributed by atoms with E-state index in [0.29, 0.717) is 23.7 Å². The molecule has 1 aromatic carbocycles. The van der Waals surface area contributed by atoms with E-state index >= 15 is 0 Å². The van der Waals surface area contributed by atoms with E-state index in [1.807, 2.05) is 0 Å². The third-order valence-corrected chi connectivity index (χ3v) is 4.41. The first-order valence-corrected chi connectivity index (χ1v) is 7.37. The standard InChI is InChI=1S/C15H20ClFN2O/c16-12-5-4-11(17)8-13(12)19-14(20)9-15(10-18)6-2-1-3-7-15/h4-5,8H,1-3,6-7,9-10,18H2,(H,19,20). The molecule has 1 aliphatic carbocycles. The second-order valence-corrected chi connectivity index (χ2v) is 6.02. The predicted octanol–water partition coefficient (Wildman–Crippen LogP) is 3.72. The molecule has 3 nitrogen and oxygen atoms in total. The summed E-state index contributed by atoms with van der Waals surface area (Å²) in [6, 6.07) is 3.93. The van der Waals surface area contributed by atoms with Crippen LogP contribution in [-0.4, -0.2) is 12.5 Å². The van der Waals surface area contributed by atoms with Gasteiger partial charge in [-0.05, 0) is 43.0 Å². The van der Waals surface area contributed by atoms with Gasteiger partial charge in [0.05, 0.1) is 10.7 Å². The molecule has 0 radical (unpaired) electrons. The lowest BCUT2D eigenvalue weighted by molar-refractivity contribution is -0.118. The van der Waals surface area contributed by atoms with Gasteiger partial charge in [0.1, 0.15) is 5.82 Å². The molecular formula is C15H20ClFN2O. The summed E-state index contributed by atoms with van der Waals surface area (Å²) in [6.07, 6.45) is 5.77. The summed E-state index contributed by atoms with van der Waals surface area (Å²) < 4.78 is 13.2. The number of carbonyl (C=O) groups excluding carboxylic acids is 1. The molecular weight excluding hydrogens is 279 g/mol. The lowest BCUT2D eigenvalue weighted by Crippen LogP contribution is -2.36. The maximum absolute atomic E-state index is 13.2. The molecule has 0 spiro atoms. The van der Waals surface area contributed by atoms with Crippen molar-refractivity contribution in [2.45, 2.75) is 38.5 Å². The maximum Gasteiger partial charge on any atom is 0.225 e. The van der Waals surface area contributed by atoms with Crippen LogP contribution in [-0.2, 0) is 4.79 Å². The summed E-state index contributed by atoms with van der Waals surface area (Å²) in [5.41, 5.74) is 6.08. The smallest absolute Gasteiger partial charge is 0.225 e. The van der Waals surface area contributed by atoms with Gasteiger partial charge in [-0.15, -0.1) is 0 Å². The highest BCUT2D eigenvalue weighted by Crippen LogP contribution is 2.38. The zero-order chi connectivity index (χ0) is 14.6. The Kier molecular flexibility index (Phi) is 5.00. The monoisotopic (exact) mass is 298 g/mol. The minimum atomic E-state index is -0.420. The van der Waals surface area contributed by atoms with E-state index < -0.39 is 5.82 Å². The molecule has 0 atom stereocenters. The van der Waals surface area contributed by atoms with Gasteiger partial charge >= 0.3 is 0 Å². The minimum absolute atomic E-state index is 0.109. The van der Waals surface area contributed by atoms with Crippen molar-refractivity contribution in [3.8, 4) is 0 Å². The number of benzene rings is 1. The van der Waals surface area contributed by atoms with Crippen molar-refractivity contribution in [3.05, 3.63) is 29.0 Å². The van der Waals surface area contributed by atoms with Crippen molar-refractivity contribution < 1.29 is 9.18 Å². The lowest BCUT2D eigenvalue weighted by atomic mass is 9.71. The number of hydrogen-bond acceptors (Lipinski definition) is 2. The molecule has 2 rings (SSSR count). The van der Waals surface area contributed by atoms with Crippen LogP contribution in [0, 0.1) is 11.2 Å². The quantitative estimate of drug-likeness (QED) is 0.890. The average molecular weight is 299 g/mol. The van der Waals surface area contributed by atoms with Crippen molar-refractivity contribution in [1.82, 2.24) is 0 Å². The number of nitrogens with one attached hydrogen (secondary N) is 1. The molecule has 1 saturated carbocycles. The highest BCUT2D eigenvalue weighted by atomic mass is 35.5. The van der Waals surface area contributed by atoms with E-state index in [0.717, 1.165) is 25.7 Å². The van der Waals surface area contributed by atoms with E-state index in [4.69, 9.17) is 17.3 Å². The summed E-state index contributed by atoms with van der Waals surface area (Å²) in [7, 11) is 0. The SMILES string of the molecule is NCC1(CC(=O)Nc2cc(F)ccc2Cl)CCCCC1. The van der Waals surface area contributed by atoms with Gasteiger partial charge in [-0.2, -0.15) is 0 Å².